The molecule has 0 aliphatic carbocycles. The third-order valence-corrected chi connectivity index (χ3v) is 7.47. The number of hydrogen-bond acceptors (Lipinski definition) is 10. The molecule has 5 atom stereocenters. The molecule has 8 N–H and O–H groups in total. The van der Waals surface area contributed by atoms with E-state index in [4.69, 9.17) is 9.47 Å². The molecule has 0 spiro atoms. The SMILES string of the molecule is Oc1ccc2c(c1)O[C@@H](c1ccc(O)c(O)c1)[C@@H](O)[C@@H]2c1cc2c(cc1O)O[C@H](c1ccc(O)c(O)c1)[C@@H](O)C2. The molecule has 0 fully saturated rings. The first-order valence-electron chi connectivity index (χ1n) is 12.5. The van der Waals surface area contributed by atoms with Crippen LogP contribution in [0.25, 0.3) is 0 Å². The van der Waals surface area contributed by atoms with Gasteiger partial charge in [-0.15, -0.1) is 0 Å². The van der Waals surface area contributed by atoms with Crippen LogP contribution in [0.5, 0.6) is 46.0 Å². The second-order valence-corrected chi connectivity index (χ2v) is 10.1. The Morgan fingerprint density at radius 1 is 0.550 bits per heavy atom. The number of ether oxygens (including phenoxy) is 2. The number of phenols is 6. The van der Waals surface area contributed by atoms with Crippen LogP contribution in [0.15, 0.2) is 66.7 Å². The minimum Gasteiger partial charge on any atom is -0.508 e. The summed E-state index contributed by atoms with van der Waals surface area (Å²) in [6.07, 6.45) is -4.06. The van der Waals surface area contributed by atoms with Gasteiger partial charge in [-0.05, 0) is 53.1 Å². The summed E-state index contributed by atoms with van der Waals surface area (Å²) in [5.74, 6) is -1.95. The lowest BCUT2D eigenvalue weighted by atomic mass is 9.78. The second-order valence-electron chi connectivity index (χ2n) is 10.1. The van der Waals surface area contributed by atoms with Crippen LogP contribution in [0.4, 0.5) is 0 Å². The zero-order valence-electron chi connectivity index (χ0n) is 20.8. The van der Waals surface area contributed by atoms with Crippen LogP contribution < -0.4 is 9.47 Å². The summed E-state index contributed by atoms with van der Waals surface area (Å²) >= 11 is 0. The van der Waals surface area contributed by atoms with E-state index in [-0.39, 0.29) is 40.9 Å². The fourth-order valence-electron chi connectivity index (χ4n) is 5.49. The molecule has 0 aromatic heterocycles. The van der Waals surface area contributed by atoms with Crippen LogP contribution in [0.3, 0.4) is 0 Å². The Hall–Kier alpha value is -4.80. The van der Waals surface area contributed by atoms with Gasteiger partial charge in [-0.1, -0.05) is 18.2 Å². The Labute approximate surface area is 227 Å². The van der Waals surface area contributed by atoms with E-state index in [1.54, 1.807) is 12.1 Å². The van der Waals surface area contributed by atoms with Crippen LogP contribution in [-0.2, 0) is 6.42 Å². The molecule has 0 bridgehead atoms. The van der Waals surface area contributed by atoms with Gasteiger partial charge in [-0.2, -0.15) is 0 Å². The number of benzene rings is 4. The molecular formula is C30H26O10. The van der Waals surface area contributed by atoms with Crippen molar-refractivity contribution in [2.45, 2.75) is 36.8 Å². The van der Waals surface area contributed by atoms with Gasteiger partial charge in [0.1, 0.15) is 35.2 Å². The van der Waals surface area contributed by atoms with Gasteiger partial charge in [0.2, 0.25) is 0 Å². The van der Waals surface area contributed by atoms with Crippen LogP contribution in [0, 0.1) is 0 Å². The molecule has 0 amide bonds. The van der Waals surface area contributed by atoms with E-state index in [1.165, 1.54) is 54.6 Å². The van der Waals surface area contributed by atoms with Crippen molar-refractivity contribution < 1.29 is 50.3 Å². The van der Waals surface area contributed by atoms with E-state index in [9.17, 15) is 40.9 Å². The number of aliphatic hydroxyl groups excluding tert-OH is 2. The zero-order valence-corrected chi connectivity index (χ0v) is 20.8. The molecule has 6 rings (SSSR count). The molecule has 0 radical (unpaired) electrons. The third-order valence-electron chi connectivity index (χ3n) is 7.47. The quantitative estimate of drug-likeness (QED) is 0.177. The van der Waals surface area contributed by atoms with Gasteiger partial charge in [0.25, 0.3) is 0 Å². The number of hydrogen-bond donors (Lipinski definition) is 8. The maximum Gasteiger partial charge on any atom is 0.157 e. The highest BCUT2D eigenvalue weighted by Gasteiger charge is 2.42. The summed E-state index contributed by atoms with van der Waals surface area (Å²) in [6.45, 7) is 0. The van der Waals surface area contributed by atoms with E-state index >= 15 is 0 Å². The van der Waals surface area contributed by atoms with Gasteiger partial charge in [-0.25, -0.2) is 0 Å². The summed E-state index contributed by atoms with van der Waals surface area (Å²) in [7, 11) is 0. The van der Waals surface area contributed by atoms with Crippen LogP contribution in [0.2, 0.25) is 0 Å². The lowest BCUT2D eigenvalue weighted by Crippen LogP contribution is -2.35. The minimum atomic E-state index is -1.27. The number of aliphatic hydroxyl groups is 2. The highest BCUT2D eigenvalue weighted by molar-refractivity contribution is 5.57. The fraction of sp³-hybridized carbons (Fsp3) is 0.200. The normalized spacial score (nSPS) is 23.4. The Bertz CT molecular complexity index is 1620. The van der Waals surface area contributed by atoms with Gasteiger partial charge in [0.05, 0.1) is 6.10 Å². The first-order valence-corrected chi connectivity index (χ1v) is 12.5. The average molecular weight is 547 g/mol. The van der Waals surface area contributed by atoms with E-state index in [2.05, 4.69) is 0 Å². The molecule has 4 aromatic carbocycles. The van der Waals surface area contributed by atoms with Crippen molar-refractivity contribution in [3.05, 3.63) is 94.5 Å². The third kappa shape index (κ3) is 4.23. The standard InChI is InChI=1S/C30H26O10/c31-16-3-4-17-26(11-16)40-30(14-2-6-20(33)23(36)9-14)28(38)27(17)18-7-15-10-24(37)29(39-25(15)12-21(18)34)13-1-5-19(32)22(35)8-13/h1-9,11-12,24,27-38H,10H2/t24-,27-,28-,29+,30-/m0/s1. The Kier molecular flexibility index (Phi) is 6.01. The molecule has 2 aliphatic rings. The molecule has 2 aliphatic heterocycles. The lowest BCUT2D eigenvalue weighted by molar-refractivity contribution is 0.00730. The van der Waals surface area contributed by atoms with E-state index in [0.29, 0.717) is 33.6 Å². The van der Waals surface area contributed by atoms with Crippen LogP contribution >= 0.6 is 0 Å². The summed E-state index contributed by atoms with van der Waals surface area (Å²) in [4.78, 5) is 0. The maximum absolute atomic E-state index is 11.6. The highest BCUT2D eigenvalue weighted by atomic mass is 16.5. The maximum atomic E-state index is 11.6. The molecule has 0 unspecified atom stereocenters. The van der Waals surface area contributed by atoms with Crippen LogP contribution in [0.1, 0.15) is 45.9 Å². The molecular weight excluding hydrogens is 520 g/mol. The van der Waals surface area contributed by atoms with E-state index in [0.717, 1.165) is 0 Å². The average Bonchev–Trinajstić information content (AvgIpc) is 2.91. The second kappa shape index (κ2) is 9.44. The van der Waals surface area contributed by atoms with Crippen molar-refractivity contribution in [2.75, 3.05) is 0 Å². The Morgan fingerprint density at radius 3 is 1.82 bits per heavy atom. The van der Waals surface area contributed by atoms with Crippen LogP contribution in [-0.4, -0.2) is 53.1 Å². The van der Waals surface area contributed by atoms with Gasteiger partial charge >= 0.3 is 0 Å². The fourth-order valence-corrected chi connectivity index (χ4v) is 5.49. The zero-order chi connectivity index (χ0) is 28.3. The monoisotopic (exact) mass is 546 g/mol. The number of rotatable bonds is 3. The summed E-state index contributed by atoms with van der Waals surface area (Å²) in [5.41, 5.74) is 2.18. The lowest BCUT2D eigenvalue weighted by Gasteiger charge is -2.38. The first kappa shape index (κ1) is 25.5. The van der Waals surface area contributed by atoms with E-state index < -0.39 is 36.1 Å². The van der Waals surface area contributed by atoms with Gasteiger partial charge < -0.3 is 50.3 Å². The molecule has 10 nitrogen and oxygen atoms in total. The van der Waals surface area contributed by atoms with Gasteiger partial charge in [0, 0.05) is 35.6 Å². The van der Waals surface area contributed by atoms with Crippen molar-refractivity contribution in [2.24, 2.45) is 0 Å². The minimum absolute atomic E-state index is 0.0707. The predicted molar refractivity (Wildman–Crippen MR) is 140 cm³/mol. The number of aromatic hydroxyl groups is 6. The Balaban J connectivity index is 1.41. The molecule has 40 heavy (non-hydrogen) atoms. The summed E-state index contributed by atoms with van der Waals surface area (Å²) in [6, 6.07) is 15.6. The molecule has 2 heterocycles. The van der Waals surface area contributed by atoms with E-state index in [1.807, 2.05) is 0 Å². The largest absolute Gasteiger partial charge is 0.508 e. The van der Waals surface area contributed by atoms with Crippen molar-refractivity contribution in [3.8, 4) is 46.0 Å². The summed E-state index contributed by atoms with van der Waals surface area (Å²) in [5, 5.41) is 83.0. The molecule has 206 valence electrons. The van der Waals surface area contributed by atoms with Crippen molar-refractivity contribution in [1.82, 2.24) is 0 Å². The summed E-state index contributed by atoms with van der Waals surface area (Å²) < 4.78 is 12.0. The van der Waals surface area contributed by atoms with Crippen molar-refractivity contribution >= 4 is 0 Å². The Morgan fingerprint density at radius 2 is 1.18 bits per heavy atom. The van der Waals surface area contributed by atoms with Crippen molar-refractivity contribution in [1.29, 1.82) is 0 Å². The predicted octanol–water partition coefficient (Wildman–Crippen LogP) is 3.58. The molecule has 4 aromatic rings. The highest BCUT2D eigenvalue weighted by Crippen LogP contribution is 2.51. The van der Waals surface area contributed by atoms with Gasteiger partial charge in [0.15, 0.2) is 29.1 Å². The number of fused-ring (bicyclic) bond motifs is 2. The molecule has 0 saturated carbocycles. The van der Waals surface area contributed by atoms with Crippen molar-refractivity contribution in [3.63, 3.8) is 0 Å². The molecule has 0 saturated heterocycles. The topological polar surface area (TPSA) is 180 Å². The number of phenolic OH excluding ortho intramolecular Hbond substituents is 6. The molecule has 10 heteroatoms. The first-order chi connectivity index (χ1) is 19.1. The van der Waals surface area contributed by atoms with Gasteiger partial charge in [-0.3, -0.25) is 0 Å². The smallest absolute Gasteiger partial charge is 0.157 e.